The maximum absolute atomic E-state index is 15.2. The highest BCUT2D eigenvalue weighted by Crippen LogP contribution is 2.35. The van der Waals surface area contributed by atoms with Gasteiger partial charge in [0.15, 0.2) is 11.5 Å². The molecule has 0 radical (unpaired) electrons. The molecule has 0 unspecified atom stereocenters. The van der Waals surface area contributed by atoms with Crippen molar-refractivity contribution in [3.63, 3.8) is 0 Å². The molecular weight excluding hydrogens is 360 g/mol. The second kappa shape index (κ2) is 6.20. The van der Waals surface area contributed by atoms with Crippen LogP contribution in [0, 0.1) is 18.6 Å². The van der Waals surface area contributed by atoms with Crippen molar-refractivity contribution in [2.75, 3.05) is 17.7 Å². The van der Waals surface area contributed by atoms with Crippen molar-refractivity contribution < 1.29 is 18.3 Å². The second-order valence-electron chi connectivity index (χ2n) is 5.62. The van der Waals surface area contributed by atoms with Gasteiger partial charge in [-0.15, -0.1) is 15.3 Å². The fourth-order valence-corrected chi connectivity index (χ4v) is 2.55. The van der Waals surface area contributed by atoms with Crippen LogP contribution in [0.15, 0.2) is 28.8 Å². The van der Waals surface area contributed by atoms with Crippen LogP contribution in [-0.4, -0.2) is 36.9 Å². The largest absolute Gasteiger partial charge is 0.508 e. The van der Waals surface area contributed by atoms with Crippen LogP contribution < -0.4 is 10.6 Å². The molecule has 27 heavy (non-hydrogen) atoms. The quantitative estimate of drug-likeness (QED) is 0.468. The number of nitrogens with zero attached hydrogens (tertiary/aromatic N) is 5. The van der Waals surface area contributed by atoms with E-state index in [-0.39, 0.29) is 40.2 Å². The molecule has 4 aromatic rings. The molecule has 9 nitrogen and oxygen atoms in total. The lowest BCUT2D eigenvalue weighted by Crippen LogP contribution is -2.03. The fourth-order valence-electron chi connectivity index (χ4n) is 2.55. The number of hydrogen-bond acceptors (Lipinski definition) is 8. The van der Waals surface area contributed by atoms with E-state index in [1.165, 1.54) is 22.7 Å². The van der Waals surface area contributed by atoms with E-state index < -0.39 is 11.6 Å². The molecule has 0 aliphatic carbocycles. The van der Waals surface area contributed by atoms with Crippen LogP contribution in [0.4, 0.5) is 26.2 Å². The van der Waals surface area contributed by atoms with Crippen molar-refractivity contribution in [1.82, 2.24) is 24.8 Å². The van der Waals surface area contributed by atoms with Gasteiger partial charge in [-0.3, -0.25) is 4.40 Å². The number of rotatable bonds is 4. The first-order valence-electron chi connectivity index (χ1n) is 7.79. The SMILES string of the molecule is CNc1nnc(-c2cn3c(C)nnc3c(F)c2Nc2ccc(O)cc2F)o1. The zero-order valence-corrected chi connectivity index (χ0v) is 14.2. The molecule has 3 N–H and O–H groups in total. The molecule has 0 amide bonds. The summed E-state index contributed by atoms with van der Waals surface area (Å²) in [6.45, 7) is 1.66. The molecular formula is C16H13F2N7O2. The molecule has 0 spiro atoms. The third-order valence-corrected chi connectivity index (χ3v) is 3.89. The first kappa shape index (κ1) is 16.7. The van der Waals surface area contributed by atoms with Gasteiger partial charge >= 0.3 is 6.01 Å². The number of aromatic nitrogens is 5. The summed E-state index contributed by atoms with van der Waals surface area (Å²) in [6.07, 6.45) is 1.52. The Morgan fingerprint density at radius 1 is 1.15 bits per heavy atom. The summed E-state index contributed by atoms with van der Waals surface area (Å²) in [4.78, 5) is 0. The van der Waals surface area contributed by atoms with Gasteiger partial charge in [0.25, 0.3) is 5.89 Å². The summed E-state index contributed by atoms with van der Waals surface area (Å²) in [5.74, 6) is -1.34. The van der Waals surface area contributed by atoms with Crippen molar-refractivity contribution in [1.29, 1.82) is 0 Å². The smallest absolute Gasteiger partial charge is 0.315 e. The minimum atomic E-state index is -0.773. The minimum absolute atomic E-state index is 0.00920. The van der Waals surface area contributed by atoms with Crippen LogP contribution in [0.5, 0.6) is 5.75 Å². The molecule has 0 fully saturated rings. The number of anilines is 3. The molecule has 3 heterocycles. The maximum atomic E-state index is 15.2. The molecule has 1 aromatic carbocycles. The molecule has 0 atom stereocenters. The van der Waals surface area contributed by atoms with Crippen molar-refractivity contribution >= 4 is 23.0 Å². The Morgan fingerprint density at radius 2 is 1.96 bits per heavy atom. The van der Waals surface area contributed by atoms with Crippen LogP contribution in [-0.2, 0) is 0 Å². The van der Waals surface area contributed by atoms with Gasteiger partial charge in [-0.1, -0.05) is 5.10 Å². The predicted octanol–water partition coefficient (Wildman–Crippen LogP) is 2.86. The fraction of sp³-hybridized carbons (Fsp3) is 0.125. The number of halogens is 2. The third kappa shape index (κ3) is 2.78. The monoisotopic (exact) mass is 373 g/mol. The van der Waals surface area contributed by atoms with Crippen molar-refractivity contribution in [3.05, 3.63) is 41.9 Å². The summed E-state index contributed by atoms with van der Waals surface area (Å²) in [7, 11) is 1.59. The number of nitrogens with one attached hydrogen (secondary N) is 2. The van der Waals surface area contributed by atoms with E-state index in [0.29, 0.717) is 5.82 Å². The highest BCUT2D eigenvalue weighted by Gasteiger charge is 2.22. The van der Waals surface area contributed by atoms with Crippen LogP contribution in [0.3, 0.4) is 0 Å². The Balaban J connectivity index is 1.93. The molecule has 0 saturated heterocycles. The van der Waals surface area contributed by atoms with Gasteiger partial charge in [0, 0.05) is 19.3 Å². The molecule has 3 aromatic heterocycles. The Hall–Kier alpha value is -3.76. The number of benzene rings is 1. The molecule has 0 aliphatic rings. The van der Waals surface area contributed by atoms with Crippen LogP contribution in [0.1, 0.15) is 5.82 Å². The van der Waals surface area contributed by atoms with Crippen LogP contribution in [0.2, 0.25) is 0 Å². The number of aryl methyl sites for hydroxylation is 1. The lowest BCUT2D eigenvalue weighted by molar-refractivity contribution is 0.469. The third-order valence-electron chi connectivity index (χ3n) is 3.89. The number of pyridine rings is 1. The van der Waals surface area contributed by atoms with E-state index in [2.05, 4.69) is 31.0 Å². The molecule has 0 aliphatic heterocycles. The normalized spacial score (nSPS) is 11.1. The zero-order valence-electron chi connectivity index (χ0n) is 14.2. The number of aromatic hydroxyl groups is 1. The molecule has 0 bridgehead atoms. The second-order valence-corrected chi connectivity index (χ2v) is 5.62. The molecule has 4 rings (SSSR count). The number of phenolic OH excluding ortho intramolecular Hbond substituents is 1. The van der Waals surface area contributed by atoms with Crippen LogP contribution in [0.25, 0.3) is 17.1 Å². The standard InChI is InChI=1S/C16H13F2N7O2/c1-7-21-22-14-12(18)13(20-11-4-3-8(26)5-10(11)17)9(6-25(7)14)15-23-24-16(19-2)27-15/h3-6,20,26H,1-2H3,(H,19,24). The van der Waals surface area contributed by atoms with Gasteiger partial charge in [-0.05, 0) is 19.1 Å². The molecule has 138 valence electrons. The zero-order chi connectivity index (χ0) is 19.1. The summed E-state index contributed by atoms with van der Waals surface area (Å²) in [5, 5.41) is 30.0. The van der Waals surface area contributed by atoms with E-state index in [1.54, 1.807) is 14.0 Å². The number of hydrogen-bond donors (Lipinski definition) is 3. The van der Waals surface area contributed by atoms with Gasteiger partial charge in [-0.25, -0.2) is 8.78 Å². The summed E-state index contributed by atoms with van der Waals surface area (Å²) < 4.78 is 36.2. The van der Waals surface area contributed by atoms with Gasteiger partial charge in [0.2, 0.25) is 0 Å². The number of fused-ring (bicyclic) bond motifs is 1. The van der Waals surface area contributed by atoms with Crippen molar-refractivity contribution in [2.45, 2.75) is 6.92 Å². The first-order valence-corrected chi connectivity index (χ1v) is 7.79. The van der Waals surface area contributed by atoms with E-state index in [0.717, 1.165) is 6.07 Å². The lowest BCUT2D eigenvalue weighted by atomic mass is 10.2. The number of phenols is 1. The Bertz CT molecular complexity index is 1160. The Kier molecular flexibility index (Phi) is 3.83. The Labute approximate surface area is 150 Å². The average molecular weight is 373 g/mol. The summed E-state index contributed by atoms with van der Waals surface area (Å²) in [5.41, 5.74) is -0.0386. The van der Waals surface area contributed by atoms with Gasteiger partial charge in [0.05, 0.1) is 16.9 Å². The van der Waals surface area contributed by atoms with E-state index in [1.807, 2.05) is 0 Å². The topological polar surface area (TPSA) is 113 Å². The van der Waals surface area contributed by atoms with Gasteiger partial charge < -0.3 is 20.2 Å². The van der Waals surface area contributed by atoms with E-state index in [4.69, 9.17) is 4.42 Å². The summed E-state index contributed by atoms with van der Waals surface area (Å²) >= 11 is 0. The van der Waals surface area contributed by atoms with Gasteiger partial charge in [0.1, 0.15) is 17.4 Å². The van der Waals surface area contributed by atoms with Gasteiger partial charge in [-0.2, -0.15) is 0 Å². The predicted molar refractivity (Wildman–Crippen MR) is 91.9 cm³/mol. The van der Waals surface area contributed by atoms with E-state index in [9.17, 15) is 9.50 Å². The highest BCUT2D eigenvalue weighted by molar-refractivity contribution is 5.80. The lowest BCUT2D eigenvalue weighted by Gasteiger charge is -2.13. The average Bonchev–Trinajstić information content (AvgIpc) is 3.26. The highest BCUT2D eigenvalue weighted by atomic mass is 19.1. The van der Waals surface area contributed by atoms with Crippen LogP contribution >= 0.6 is 0 Å². The molecule has 0 saturated carbocycles. The van der Waals surface area contributed by atoms with E-state index >= 15 is 4.39 Å². The summed E-state index contributed by atoms with van der Waals surface area (Å²) in [6, 6.07) is 3.59. The maximum Gasteiger partial charge on any atom is 0.315 e. The van der Waals surface area contributed by atoms with Crippen molar-refractivity contribution in [2.24, 2.45) is 0 Å². The minimum Gasteiger partial charge on any atom is -0.508 e. The van der Waals surface area contributed by atoms with Crippen molar-refractivity contribution in [3.8, 4) is 17.2 Å². The Morgan fingerprint density at radius 3 is 2.67 bits per heavy atom. The molecule has 11 heteroatoms. The first-order chi connectivity index (χ1) is 13.0.